The van der Waals surface area contributed by atoms with Crippen LogP contribution in [0, 0.1) is 13.8 Å². The zero-order chi connectivity index (χ0) is 15.4. The number of carboxylic acids is 1. The van der Waals surface area contributed by atoms with Crippen molar-refractivity contribution in [3.05, 3.63) is 52.8 Å². The van der Waals surface area contributed by atoms with Gasteiger partial charge in [0.2, 0.25) is 0 Å². The first kappa shape index (κ1) is 15.2. The number of benzene rings is 1. The predicted molar refractivity (Wildman–Crippen MR) is 84.7 cm³/mol. The highest BCUT2D eigenvalue weighted by atomic mass is 16.4. The summed E-state index contributed by atoms with van der Waals surface area (Å²) in [6, 6.07) is 9.88. The van der Waals surface area contributed by atoms with Crippen LogP contribution in [-0.2, 0) is 6.42 Å². The van der Waals surface area contributed by atoms with Crippen LogP contribution in [0.5, 0.6) is 0 Å². The smallest absolute Gasteiger partial charge is 0.338 e. The molecule has 0 aliphatic carbocycles. The van der Waals surface area contributed by atoms with Crippen molar-refractivity contribution in [1.82, 2.24) is 4.98 Å². The molecule has 0 amide bonds. The van der Waals surface area contributed by atoms with E-state index in [9.17, 15) is 9.90 Å². The molecule has 3 heteroatoms. The molecule has 2 aromatic rings. The lowest BCUT2D eigenvalue weighted by Crippen LogP contribution is -2.07. The van der Waals surface area contributed by atoms with Crippen LogP contribution in [0.3, 0.4) is 0 Å². The number of aromatic nitrogens is 1. The van der Waals surface area contributed by atoms with Crippen molar-refractivity contribution < 1.29 is 9.90 Å². The van der Waals surface area contributed by atoms with Crippen LogP contribution in [-0.4, -0.2) is 16.1 Å². The second kappa shape index (κ2) is 6.53. The normalized spacial score (nSPS) is 10.6. The average Bonchev–Trinajstić information content (AvgIpc) is 2.44. The molecule has 0 bridgehead atoms. The summed E-state index contributed by atoms with van der Waals surface area (Å²) in [6.07, 6.45) is 3.05. The molecule has 1 heterocycles. The number of unbranched alkanes of at least 4 members (excludes halogenated alkanes) is 1. The molecule has 0 aliphatic rings. The lowest BCUT2D eigenvalue weighted by Gasteiger charge is -2.12. The number of carbonyl (C=O) groups is 1. The zero-order valence-corrected chi connectivity index (χ0v) is 12.8. The van der Waals surface area contributed by atoms with Gasteiger partial charge in [-0.2, -0.15) is 0 Å². The zero-order valence-electron chi connectivity index (χ0n) is 12.8. The third-order valence-electron chi connectivity index (χ3n) is 3.62. The Kier molecular flexibility index (Phi) is 4.73. The van der Waals surface area contributed by atoms with Gasteiger partial charge in [-0.15, -0.1) is 0 Å². The summed E-state index contributed by atoms with van der Waals surface area (Å²) in [4.78, 5) is 16.0. The van der Waals surface area contributed by atoms with Crippen LogP contribution in [0.1, 0.15) is 47.1 Å². The third-order valence-corrected chi connectivity index (χ3v) is 3.62. The summed E-state index contributed by atoms with van der Waals surface area (Å²) in [6.45, 7) is 5.93. The van der Waals surface area contributed by atoms with Crippen molar-refractivity contribution in [1.29, 1.82) is 0 Å². The van der Waals surface area contributed by atoms with E-state index < -0.39 is 5.97 Å². The van der Waals surface area contributed by atoms with E-state index in [1.165, 1.54) is 0 Å². The van der Waals surface area contributed by atoms with Crippen LogP contribution >= 0.6 is 0 Å². The van der Waals surface area contributed by atoms with Crippen LogP contribution in [0.4, 0.5) is 0 Å². The molecule has 0 radical (unpaired) electrons. The van der Waals surface area contributed by atoms with Crippen molar-refractivity contribution in [3.8, 4) is 11.1 Å². The molecule has 0 spiro atoms. The molecule has 0 fully saturated rings. The van der Waals surface area contributed by atoms with E-state index in [0.717, 1.165) is 41.6 Å². The van der Waals surface area contributed by atoms with Gasteiger partial charge < -0.3 is 5.11 Å². The first-order chi connectivity index (χ1) is 10.0. The molecule has 1 N–H and O–H groups in total. The van der Waals surface area contributed by atoms with Crippen molar-refractivity contribution in [2.45, 2.75) is 40.0 Å². The number of aromatic carboxylic acids is 1. The number of carboxylic acid groups (broad SMARTS) is 1. The molecular weight excluding hydrogens is 262 g/mol. The fourth-order valence-electron chi connectivity index (χ4n) is 2.45. The Bertz CT molecular complexity index is 645. The summed E-state index contributed by atoms with van der Waals surface area (Å²) < 4.78 is 0. The molecule has 0 unspecified atom stereocenters. The van der Waals surface area contributed by atoms with Crippen molar-refractivity contribution >= 4 is 5.97 Å². The van der Waals surface area contributed by atoms with Crippen LogP contribution in [0.15, 0.2) is 30.3 Å². The Labute approximate surface area is 125 Å². The summed E-state index contributed by atoms with van der Waals surface area (Å²) in [5.41, 5.74) is 4.72. The van der Waals surface area contributed by atoms with Gasteiger partial charge in [0.15, 0.2) is 0 Å². The SMILES string of the molecule is CCCCc1cc(-c2ccc(C)cc2)c(C(=O)O)c(C)n1. The van der Waals surface area contributed by atoms with E-state index in [4.69, 9.17) is 0 Å². The lowest BCUT2D eigenvalue weighted by molar-refractivity contribution is 0.0696. The van der Waals surface area contributed by atoms with Gasteiger partial charge >= 0.3 is 5.97 Å². The molecule has 110 valence electrons. The Morgan fingerprint density at radius 3 is 2.43 bits per heavy atom. The molecule has 2 rings (SSSR count). The summed E-state index contributed by atoms with van der Waals surface area (Å²) in [5.74, 6) is -0.919. The quantitative estimate of drug-likeness (QED) is 0.884. The number of pyridine rings is 1. The number of nitrogens with zero attached hydrogens (tertiary/aromatic N) is 1. The maximum Gasteiger partial charge on any atom is 0.338 e. The van der Waals surface area contributed by atoms with E-state index in [1.54, 1.807) is 6.92 Å². The molecule has 0 saturated heterocycles. The van der Waals surface area contributed by atoms with Crippen molar-refractivity contribution in [2.75, 3.05) is 0 Å². The van der Waals surface area contributed by atoms with Crippen molar-refractivity contribution in [2.24, 2.45) is 0 Å². The predicted octanol–water partition coefficient (Wildman–Crippen LogP) is 4.41. The van der Waals surface area contributed by atoms with E-state index in [2.05, 4.69) is 11.9 Å². The summed E-state index contributed by atoms with van der Waals surface area (Å²) in [5, 5.41) is 9.49. The van der Waals surface area contributed by atoms with Crippen LogP contribution in [0.2, 0.25) is 0 Å². The Hall–Kier alpha value is -2.16. The molecule has 3 nitrogen and oxygen atoms in total. The first-order valence-electron chi connectivity index (χ1n) is 7.33. The highest BCUT2D eigenvalue weighted by Gasteiger charge is 2.17. The molecule has 21 heavy (non-hydrogen) atoms. The fraction of sp³-hybridized carbons (Fsp3) is 0.333. The molecule has 0 saturated carbocycles. The molecular formula is C18H21NO2. The minimum Gasteiger partial charge on any atom is -0.478 e. The van der Waals surface area contributed by atoms with E-state index >= 15 is 0 Å². The number of aryl methyl sites for hydroxylation is 3. The standard InChI is InChI=1S/C18H21NO2/c1-4-5-6-15-11-16(14-9-7-12(2)8-10-14)17(18(20)21)13(3)19-15/h7-11H,4-6H2,1-3H3,(H,20,21). The van der Waals surface area contributed by atoms with Crippen molar-refractivity contribution in [3.63, 3.8) is 0 Å². The summed E-state index contributed by atoms with van der Waals surface area (Å²) >= 11 is 0. The minimum absolute atomic E-state index is 0.305. The van der Waals surface area contributed by atoms with Gasteiger partial charge in [-0.25, -0.2) is 4.79 Å². The Morgan fingerprint density at radius 1 is 1.19 bits per heavy atom. The maximum absolute atomic E-state index is 11.6. The molecule has 1 aromatic heterocycles. The minimum atomic E-state index is -0.919. The Morgan fingerprint density at radius 2 is 1.86 bits per heavy atom. The maximum atomic E-state index is 11.6. The number of rotatable bonds is 5. The van der Waals surface area contributed by atoms with Gasteiger partial charge in [-0.3, -0.25) is 4.98 Å². The topological polar surface area (TPSA) is 50.2 Å². The largest absolute Gasteiger partial charge is 0.478 e. The van der Waals surface area contributed by atoms with Gasteiger partial charge in [0.25, 0.3) is 0 Å². The van der Waals surface area contributed by atoms with E-state index in [0.29, 0.717) is 11.3 Å². The van der Waals surface area contributed by atoms with Gasteiger partial charge in [0, 0.05) is 5.69 Å². The summed E-state index contributed by atoms with van der Waals surface area (Å²) in [7, 11) is 0. The number of hydrogen-bond acceptors (Lipinski definition) is 2. The van der Waals surface area contributed by atoms with Gasteiger partial charge in [-0.05, 0) is 43.9 Å². The van der Waals surface area contributed by atoms with Gasteiger partial charge in [-0.1, -0.05) is 43.2 Å². The fourth-order valence-corrected chi connectivity index (χ4v) is 2.45. The third kappa shape index (κ3) is 3.48. The van der Waals surface area contributed by atoms with Gasteiger partial charge in [0.05, 0.1) is 11.3 Å². The number of hydrogen-bond donors (Lipinski definition) is 1. The monoisotopic (exact) mass is 283 g/mol. The molecule has 0 aliphatic heterocycles. The first-order valence-corrected chi connectivity index (χ1v) is 7.33. The van der Waals surface area contributed by atoms with Crippen LogP contribution in [0.25, 0.3) is 11.1 Å². The molecule has 0 atom stereocenters. The Balaban J connectivity index is 2.56. The van der Waals surface area contributed by atoms with Crippen LogP contribution < -0.4 is 0 Å². The van der Waals surface area contributed by atoms with E-state index in [-0.39, 0.29) is 0 Å². The highest BCUT2D eigenvalue weighted by Crippen LogP contribution is 2.27. The molecule has 1 aromatic carbocycles. The second-order valence-electron chi connectivity index (χ2n) is 5.40. The van der Waals surface area contributed by atoms with E-state index in [1.807, 2.05) is 37.3 Å². The highest BCUT2D eigenvalue weighted by molar-refractivity contribution is 5.97. The average molecular weight is 283 g/mol. The van der Waals surface area contributed by atoms with Gasteiger partial charge in [0.1, 0.15) is 0 Å². The lowest BCUT2D eigenvalue weighted by atomic mass is 9.96. The second-order valence-corrected chi connectivity index (χ2v) is 5.40.